The minimum atomic E-state index is -0.666. The summed E-state index contributed by atoms with van der Waals surface area (Å²) in [6.45, 7) is 0. The normalized spacial score (nSPS) is 10.7. The molecule has 124 valence electrons. The molecule has 7 nitrogen and oxygen atoms in total. The highest BCUT2D eigenvalue weighted by molar-refractivity contribution is 6.12. The maximum absolute atomic E-state index is 12.3. The molecule has 0 aliphatic carbocycles. The molecule has 0 atom stereocenters. The minimum absolute atomic E-state index is 0.124. The maximum Gasteiger partial charge on any atom is 0.295 e. The third-order valence-electron chi connectivity index (χ3n) is 3.36. The van der Waals surface area contributed by atoms with Crippen molar-refractivity contribution < 1.29 is 14.1 Å². The average molecular weight is 334 g/mol. The summed E-state index contributed by atoms with van der Waals surface area (Å²) in [5.74, 6) is -1.29. The molecule has 3 aromatic rings. The van der Waals surface area contributed by atoms with Crippen LogP contribution in [0.2, 0.25) is 0 Å². The first kappa shape index (κ1) is 16.1. The number of aromatic nitrogens is 1. The lowest BCUT2D eigenvalue weighted by atomic mass is 10.1. The Morgan fingerprint density at radius 2 is 1.68 bits per heavy atom. The van der Waals surface area contributed by atoms with E-state index in [1.807, 2.05) is 30.3 Å². The summed E-state index contributed by atoms with van der Waals surface area (Å²) in [7, 11) is 0. The molecule has 0 saturated carbocycles. The predicted octanol–water partition coefficient (Wildman–Crippen LogP) is 2.25. The Morgan fingerprint density at radius 3 is 2.36 bits per heavy atom. The second-order valence-corrected chi connectivity index (χ2v) is 5.08. The first-order valence-electron chi connectivity index (χ1n) is 7.40. The van der Waals surface area contributed by atoms with Crippen molar-refractivity contribution in [1.82, 2.24) is 10.6 Å². The quantitative estimate of drug-likeness (QED) is 0.422. The number of anilines is 1. The van der Waals surface area contributed by atoms with Crippen molar-refractivity contribution in [3.63, 3.8) is 0 Å². The summed E-state index contributed by atoms with van der Waals surface area (Å²) < 4.78 is 4.96. The summed E-state index contributed by atoms with van der Waals surface area (Å²) in [6, 6.07) is 17.7. The highest BCUT2D eigenvalue weighted by Crippen LogP contribution is 2.20. The second-order valence-electron chi connectivity index (χ2n) is 5.08. The molecule has 0 unspecified atom stereocenters. The topological polar surface area (TPSA) is 111 Å². The van der Waals surface area contributed by atoms with E-state index in [9.17, 15) is 9.59 Å². The summed E-state index contributed by atoms with van der Waals surface area (Å²) in [5, 5.41) is 7.41. The number of amides is 1. The zero-order valence-corrected chi connectivity index (χ0v) is 13.0. The van der Waals surface area contributed by atoms with Gasteiger partial charge in [0.05, 0.1) is 6.21 Å². The molecule has 1 aromatic heterocycles. The number of hydrazone groups is 1. The van der Waals surface area contributed by atoms with Gasteiger partial charge in [0.15, 0.2) is 5.69 Å². The molecule has 0 saturated heterocycles. The largest absolute Gasteiger partial charge is 0.393 e. The van der Waals surface area contributed by atoms with Crippen molar-refractivity contribution >= 4 is 23.6 Å². The molecule has 0 aliphatic rings. The lowest BCUT2D eigenvalue weighted by Crippen LogP contribution is -2.19. The third kappa shape index (κ3) is 3.61. The molecule has 2 aromatic carbocycles. The van der Waals surface area contributed by atoms with Crippen LogP contribution < -0.4 is 11.2 Å². The van der Waals surface area contributed by atoms with Crippen LogP contribution in [0.4, 0.5) is 5.69 Å². The van der Waals surface area contributed by atoms with Crippen molar-refractivity contribution in [2.75, 3.05) is 5.73 Å². The van der Waals surface area contributed by atoms with Gasteiger partial charge < -0.3 is 10.3 Å². The van der Waals surface area contributed by atoms with Crippen LogP contribution in [0.25, 0.3) is 0 Å². The molecule has 25 heavy (non-hydrogen) atoms. The molecule has 3 rings (SSSR count). The van der Waals surface area contributed by atoms with Crippen LogP contribution in [0.1, 0.15) is 32.2 Å². The van der Waals surface area contributed by atoms with Crippen LogP contribution in [0.5, 0.6) is 0 Å². The number of carbonyl (C=O) groups excluding carboxylic acids is 2. The standard InChI is InChI=1S/C18H14N4O3/c19-14-15(18(24)21-20-11-12-7-3-1-4-8-12)22-25-17(14)16(23)13-9-5-2-6-10-13/h1-11H,19H2,(H,21,24)/b20-11+. The Bertz CT molecular complexity index is 918. The first-order chi connectivity index (χ1) is 12.2. The molecule has 0 spiro atoms. The number of carbonyl (C=O) groups is 2. The Hall–Kier alpha value is -3.74. The van der Waals surface area contributed by atoms with E-state index in [0.29, 0.717) is 5.56 Å². The lowest BCUT2D eigenvalue weighted by molar-refractivity contribution is 0.0942. The summed E-state index contributed by atoms with van der Waals surface area (Å²) in [4.78, 5) is 24.4. The zero-order chi connectivity index (χ0) is 17.6. The van der Waals surface area contributed by atoms with E-state index < -0.39 is 11.7 Å². The molecule has 0 radical (unpaired) electrons. The number of nitrogens with one attached hydrogen (secondary N) is 1. The molecule has 3 N–H and O–H groups in total. The van der Waals surface area contributed by atoms with Crippen molar-refractivity contribution in [3.05, 3.63) is 83.2 Å². The third-order valence-corrected chi connectivity index (χ3v) is 3.36. The lowest BCUT2D eigenvalue weighted by Gasteiger charge is -1.98. The Balaban J connectivity index is 1.73. The number of benzene rings is 2. The van der Waals surface area contributed by atoms with Gasteiger partial charge in [-0.05, 0) is 5.56 Å². The molecule has 0 aliphatic heterocycles. The molecule has 7 heteroatoms. The SMILES string of the molecule is Nc1c(C(=O)N/N=C/c2ccccc2)noc1C(=O)c1ccccc1. The Morgan fingerprint density at radius 1 is 1.04 bits per heavy atom. The Kier molecular flexibility index (Phi) is 4.66. The number of hydrogen-bond donors (Lipinski definition) is 2. The van der Waals surface area contributed by atoms with E-state index in [-0.39, 0.29) is 17.1 Å². The number of rotatable bonds is 5. The number of hydrogen-bond acceptors (Lipinski definition) is 6. The van der Waals surface area contributed by atoms with Gasteiger partial charge in [-0.3, -0.25) is 9.59 Å². The van der Waals surface area contributed by atoms with Crippen molar-refractivity contribution in [2.45, 2.75) is 0 Å². The van der Waals surface area contributed by atoms with Crippen molar-refractivity contribution in [1.29, 1.82) is 0 Å². The number of nitrogens with zero attached hydrogens (tertiary/aromatic N) is 2. The van der Waals surface area contributed by atoms with Gasteiger partial charge in [0, 0.05) is 5.56 Å². The fraction of sp³-hybridized carbons (Fsp3) is 0. The van der Waals surface area contributed by atoms with E-state index in [1.165, 1.54) is 6.21 Å². The summed E-state index contributed by atoms with van der Waals surface area (Å²) in [5.41, 5.74) is 9.02. The van der Waals surface area contributed by atoms with E-state index in [2.05, 4.69) is 15.7 Å². The molecule has 1 amide bonds. The zero-order valence-electron chi connectivity index (χ0n) is 13.0. The van der Waals surface area contributed by atoms with Gasteiger partial charge >= 0.3 is 0 Å². The van der Waals surface area contributed by atoms with Gasteiger partial charge in [-0.15, -0.1) is 0 Å². The first-order valence-corrected chi connectivity index (χ1v) is 7.40. The maximum atomic E-state index is 12.3. The molecular formula is C18H14N4O3. The number of nitrogen functional groups attached to an aromatic ring is 1. The van der Waals surface area contributed by atoms with E-state index >= 15 is 0 Å². The fourth-order valence-corrected chi connectivity index (χ4v) is 2.10. The van der Waals surface area contributed by atoms with Crippen molar-refractivity contribution in [3.8, 4) is 0 Å². The van der Waals surface area contributed by atoms with Gasteiger partial charge in [0.2, 0.25) is 11.5 Å². The van der Waals surface area contributed by atoms with Gasteiger partial charge in [-0.1, -0.05) is 65.8 Å². The smallest absolute Gasteiger partial charge is 0.295 e. The highest BCUT2D eigenvalue weighted by Gasteiger charge is 2.24. The van der Waals surface area contributed by atoms with Crippen LogP contribution in [0.15, 0.2) is 70.3 Å². The van der Waals surface area contributed by atoms with Crippen LogP contribution in [0, 0.1) is 0 Å². The van der Waals surface area contributed by atoms with Crippen LogP contribution in [0.3, 0.4) is 0 Å². The second kappa shape index (κ2) is 7.22. The van der Waals surface area contributed by atoms with Gasteiger partial charge in [0.1, 0.15) is 5.69 Å². The highest BCUT2D eigenvalue weighted by atomic mass is 16.5. The predicted molar refractivity (Wildman–Crippen MR) is 92.3 cm³/mol. The van der Waals surface area contributed by atoms with Gasteiger partial charge in [0.25, 0.3) is 5.91 Å². The minimum Gasteiger partial charge on any atom is -0.393 e. The summed E-state index contributed by atoms with van der Waals surface area (Å²) in [6.07, 6.45) is 1.48. The van der Waals surface area contributed by atoms with Crippen molar-refractivity contribution in [2.24, 2.45) is 5.10 Å². The van der Waals surface area contributed by atoms with E-state index in [4.69, 9.17) is 10.3 Å². The Labute approximate surface area is 143 Å². The summed E-state index contributed by atoms with van der Waals surface area (Å²) >= 11 is 0. The monoisotopic (exact) mass is 334 g/mol. The molecular weight excluding hydrogens is 320 g/mol. The number of ketones is 1. The van der Waals surface area contributed by atoms with Crippen LogP contribution in [-0.2, 0) is 0 Å². The average Bonchev–Trinajstić information content (AvgIpc) is 3.04. The molecule has 0 fully saturated rings. The fourth-order valence-electron chi connectivity index (χ4n) is 2.10. The number of nitrogens with two attached hydrogens (primary N) is 1. The van der Waals surface area contributed by atoms with E-state index in [1.54, 1.807) is 30.3 Å². The molecule has 1 heterocycles. The molecule has 0 bridgehead atoms. The van der Waals surface area contributed by atoms with Crippen LogP contribution >= 0.6 is 0 Å². The van der Waals surface area contributed by atoms with Gasteiger partial charge in [-0.25, -0.2) is 5.43 Å². The van der Waals surface area contributed by atoms with Gasteiger partial charge in [-0.2, -0.15) is 5.10 Å². The van der Waals surface area contributed by atoms with E-state index in [0.717, 1.165) is 5.56 Å². The van der Waals surface area contributed by atoms with Crippen LogP contribution in [-0.4, -0.2) is 23.1 Å².